The molecule has 1 aromatic rings. The molecular weight excluding hydrogens is 212 g/mol. The number of ether oxygens (including phenoxy) is 1. The van der Waals surface area contributed by atoms with E-state index < -0.39 is 10.8 Å². The topological polar surface area (TPSA) is 46.5 Å². The van der Waals surface area contributed by atoms with Gasteiger partial charge in [0.15, 0.2) is 0 Å². The van der Waals surface area contributed by atoms with E-state index in [1.165, 1.54) is 5.56 Å². The van der Waals surface area contributed by atoms with Crippen molar-refractivity contribution in [1.29, 1.82) is 0 Å². The molecule has 0 aromatic heterocycles. The maximum absolute atomic E-state index is 11.2. The molecule has 0 saturated carbocycles. The molecule has 0 radical (unpaired) electrons. The van der Waals surface area contributed by atoms with Crippen LogP contribution < -0.4 is 4.74 Å². The van der Waals surface area contributed by atoms with Crippen LogP contribution in [0.2, 0.25) is 0 Å². The summed E-state index contributed by atoms with van der Waals surface area (Å²) in [5.41, 5.74) is 1.19. The molecule has 1 N–H and O–H groups in total. The SMILES string of the molecule is Cc1ccc(OCCS(=O)CCO)cc1. The smallest absolute Gasteiger partial charge is 0.119 e. The van der Waals surface area contributed by atoms with Crippen molar-refractivity contribution in [2.45, 2.75) is 6.92 Å². The highest BCUT2D eigenvalue weighted by Crippen LogP contribution is 2.10. The van der Waals surface area contributed by atoms with E-state index in [0.29, 0.717) is 18.1 Å². The van der Waals surface area contributed by atoms with Gasteiger partial charge in [-0.05, 0) is 19.1 Å². The van der Waals surface area contributed by atoms with E-state index in [1.807, 2.05) is 31.2 Å². The molecule has 1 atom stereocenters. The maximum Gasteiger partial charge on any atom is 0.119 e. The van der Waals surface area contributed by atoms with Gasteiger partial charge in [0.1, 0.15) is 5.75 Å². The van der Waals surface area contributed by atoms with E-state index in [2.05, 4.69) is 0 Å². The standard InChI is InChI=1S/C11H16O3S/c1-10-2-4-11(5-3-10)14-7-9-15(13)8-6-12/h2-5,12H,6-9H2,1H3. The summed E-state index contributed by atoms with van der Waals surface area (Å²) in [6, 6.07) is 7.73. The number of aryl methyl sites for hydroxylation is 1. The van der Waals surface area contributed by atoms with Crippen LogP contribution in [-0.2, 0) is 10.8 Å². The zero-order chi connectivity index (χ0) is 11.1. The van der Waals surface area contributed by atoms with Crippen LogP contribution in [0.5, 0.6) is 5.75 Å². The van der Waals surface area contributed by atoms with E-state index in [-0.39, 0.29) is 6.61 Å². The minimum Gasteiger partial charge on any atom is -0.493 e. The van der Waals surface area contributed by atoms with Crippen LogP contribution in [-0.4, -0.2) is 34.0 Å². The molecule has 0 aliphatic rings. The van der Waals surface area contributed by atoms with Crippen LogP contribution in [0.15, 0.2) is 24.3 Å². The largest absolute Gasteiger partial charge is 0.493 e. The molecule has 0 heterocycles. The van der Waals surface area contributed by atoms with E-state index in [9.17, 15) is 4.21 Å². The predicted molar refractivity (Wildman–Crippen MR) is 61.6 cm³/mol. The summed E-state index contributed by atoms with van der Waals surface area (Å²) >= 11 is 0. The third-order valence-electron chi connectivity index (χ3n) is 1.92. The summed E-state index contributed by atoms with van der Waals surface area (Å²) in [4.78, 5) is 0. The van der Waals surface area contributed by atoms with Crippen molar-refractivity contribution >= 4 is 10.8 Å². The van der Waals surface area contributed by atoms with Crippen LogP contribution in [0.25, 0.3) is 0 Å². The summed E-state index contributed by atoms with van der Waals surface area (Å²) in [5, 5.41) is 8.55. The summed E-state index contributed by atoms with van der Waals surface area (Å²) < 4.78 is 16.6. The molecular formula is C11H16O3S. The molecule has 0 spiro atoms. The quantitative estimate of drug-likeness (QED) is 0.793. The Balaban J connectivity index is 2.26. The number of aliphatic hydroxyl groups is 1. The summed E-state index contributed by atoms with van der Waals surface area (Å²) in [5.74, 6) is 1.59. The minimum atomic E-state index is -0.973. The molecule has 1 rings (SSSR count). The van der Waals surface area contributed by atoms with Crippen molar-refractivity contribution in [3.63, 3.8) is 0 Å². The Bertz CT molecular complexity index is 308. The highest BCUT2D eigenvalue weighted by atomic mass is 32.2. The van der Waals surface area contributed by atoms with E-state index in [4.69, 9.17) is 9.84 Å². The molecule has 84 valence electrons. The van der Waals surface area contributed by atoms with Gasteiger partial charge in [0.25, 0.3) is 0 Å². The zero-order valence-electron chi connectivity index (χ0n) is 8.81. The van der Waals surface area contributed by atoms with Crippen LogP contribution in [0.1, 0.15) is 5.56 Å². The lowest BCUT2D eigenvalue weighted by atomic mass is 10.2. The number of aliphatic hydroxyl groups excluding tert-OH is 1. The van der Waals surface area contributed by atoms with E-state index in [0.717, 1.165) is 5.75 Å². The summed E-state index contributed by atoms with van der Waals surface area (Å²) in [6.07, 6.45) is 0. The molecule has 3 nitrogen and oxygen atoms in total. The molecule has 15 heavy (non-hydrogen) atoms. The van der Waals surface area contributed by atoms with Gasteiger partial charge in [0, 0.05) is 16.6 Å². The molecule has 0 aliphatic carbocycles. The molecule has 1 unspecified atom stereocenters. The van der Waals surface area contributed by atoms with Crippen molar-refractivity contribution in [3.05, 3.63) is 29.8 Å². The van der Waals surface area contributed by atoms with Crippen LogP contribution in [0.4, 0.5) is 0 Å². The monoisotopic (exact) mass is 228 g/mol. The van der Waals surface area contributed by atoms with Crippen molar-refractivity contribution in [3.8, 4) is 5.75 Å². The average molecular weight is 228 g/mol. The molecule has 0 amide bonds. The van der Waals surface area contributed by atoms with Gasteiger partial charge in [-0.15, -0.1) is 0 Å². The average Bonchev–Trinajstić information content (AvgIpc) is 2.21. The maximum atomic E-state index is 11.2. The van der Waals surface area contributed by atoms with Crippen LogP contribution in [0, 0.1) is 6.92 Å². The Morgan fingerprint density at radius 3 is 2.53 bits per heavy atom. The first-order valence-corrected chi connectivity index (χ1v) is 6.36. The number of hydrogen-bond donors (Lipinski definition) is 1. The van der Waals surface area contributed by atoms with Crippen molar-refractivity contribution in [2.75, 3.05) is 24.7 Å². The van der Waals surface area contributed by atoms with Gasteiger partial charge in [-0.2, -0.15) is 0 Å². The molecule has 4 heteroatoms. The lowest BCUT2D eigenvalue weighted by molar-refractivity contribution is 0.320. The van der Waals surface area contributed by atoms with Gasteiger partial charge in [-0.1, -0.05) is 17.7 Å². The fourth-order valence-corrected chi connectivity index (χ4v) is 1.77. The minimum absolute atomic E-state index is 0.0306. The van der Waals surface area contributed by atoms with Gasteiger partial charge in [0.05, 0.1) is 19.0 Å². The Morgan fingerprint density at radius 1 is 1.27 bits per heavy atom. The van der Waals surface area contributed by atoms with Crippen LogP contribution >= 0.6 is 0 Å². The van der Waals surface area contributed by atoms with E-state index in [1.54, 1.807) is 0 Å². The lowest BCUT2D eigenvalue weighted by Crippen LogP contribution is -2.12. The molecule has 0 bridgehead atoms. The Labute approximate surface area is 92.5 Å². The highest BCUT2D eigenvalue weighted by molar-refractivity contribution is 7.85. The van der Waals surface area contributed by atoms with E-state index >= 15 is 0 Å². The Hall–Kier alpha value is -0.870. The second kappa shape index (κ2) is 6.58. The molecule has 0 saturated heterocycles. The second-order valence-corrected chi connectivity index (χ2v) is 4.93. The number of rotatable bonds is 6. The van der Waals surface area contributed by atoms with Gasteiger partial charge < -0.3 is 9.84 Å². The molecule has 1 aromatic carbocycles. The van der Waals surface area contributed by atoms with Crippen molar-refractivity contribution in [2.24, 2.45) is 0 Å². The molecule has 0 aliphatic heterocycles. The summed E-state index contributed by atoms with van der Waals surface area (Å²) in [7, 11) is -0.973. The van der Waals surface area contributed by atoms with Gasteiger partial charge >= 0.3 is 0 Å². The van der Waals surface area contributed by atoms with Crippen LogP contribution in [0.3, 0.4) is 0 Å². The zero-order valence-corrected chi connectivity index (χ0v) is 9.63. The highest BCUT2D eigenvalue weighted by Gasteiger charge is 1.99. The second-order valence-electron chi connectivity index (χ2n) is 3.23. The summed E-state index contributed by atoms with van der Waals surface area (Å²) in [6.45, 7) is 2.41. The van der Waals surface area contributed by atoms with Gasteiger partial charge in [-0.25, -0.2) is 0 Å². The van der Waals surface area contributed by atoms with Crippen molar-refractivity contribution < 1.29 is 14.1 Å². The number of hydrogen-bond acceptors (Lipinski definition) is 3. The Morgan fingerprint density at radius 2 is 1.93 bits per heavy atom. The lowest BCUT2D eigenvalue weighted by Gasteiger charge is -2.05. The predicted octanol–water partition coefficient (Wildman–Crippen LogP) is 1.11. The molecule has 0 fully saturated rings. The normalized spacial score (nSPS) is 12.4. The first-order chi connectivity index (χ1) is 7.22. The van der Waals surface area contributed by atoms with Gasteiger partial charge in [0.2, 0.25) is 0 Å². The first-order valence-electron chi connectivity index (χ1n) is 4.87. The van der Waals surface area contributed by atoms with Crippen molar-refractivity contribution in [1.82, 2.24) is 0 Å². The number of benzene rings is 1. The third kappa shape index (κ3) is 4.95. The van der Waals surface area contributed by atoms with Gasteiger partial charge in [-0.3, -0.25) is 4.21 Å². The third-order valence-corrected chi connectivity index (χ3v) is 3.18. The Kier molecular flexibility index (Phi) is 5.36. The fraction of sp³-hybridized carbons (Fsp3) is 0.455. The first kappa shape index (κ1) is 12.2. The fourth-order valence-electron chi connectivity index (χ4n) is 1.09.